The van der Waals surface area contributed by atoms with E-state index >= 15 is 0 Å². The second-order valence-corrected chi connectivity index (χ2v) is 6.86. The van der Waals surface area contributed by atoms with E-state index in [4.69, 9.17) is 5.73 Å². The van der Waals surface area contributed by atoms with Gasteiger partial charge in [0.2, 0.25) is 10.0 Å². The minimum Gasteiger partial charge on any atom is -0.398 e. The van der Waals surface area contributed by atoms with Crippen molar-refractivity contribution in [3.05, 3.63) is 22.7 Å². The predicted molar refractivity (Wildman–Crippen MR) is 74.6 cm³/mol. The van der Waals surface area contributed by atoms with Crippen LogP contribution in [0.1, 0.15) is 20.3 Å². The molecule has 0 bridgehead atoms. The van der Waals surface area contributed by atoms with Crippen LogP contribution < -0.4 is 10.5 Å². The summed E-state index contributed by atoms with van der Waals surface area (Å²) in [5, 5.41) is 9.21. The number of hydrogen-bond donors (Lipinski definition) is 3. The largest absolute Gasteiger partial charge is 0.398 e. The quantitative estimate of drug-likeness (QED) is 0.710. The van der Waals surface area contributed by atoms with E-state index in [2.05, 4.69) is 20.7 Å². The van der Waals surface area contributed by atoms with E-state index in [-0.39, 0.29) is 10.9 Å². The van der Waals surface area contributed by atoms with Gasteiger partial charge in [0, 0.05) is 16.2 Å². The van der Waals surface area contributed by atoms with E-state index in [0.717, 1.165) is 0 Å². The van der Waals surface area contributed by atoms with E-state index in [1.54, 1.807) is 13.8 Å². The van der Waals surface area contributed by atoms with Crippen molar-refractivity contribution in [2.45, 2.75) is 37.3 Å². The van der Waals surface area contributed by atoms with Crippen molar-refractivity contribution < 1.29 is 13.5 Å². The molecule has 0 aliphatic heterocycles. The predicted octanol–water partition coefficient (Wildman–Crippen LogP) is 1.47. The van der Waals surface area contributed by atoms with Crippen LogP contribution in [0.5, 0.6) is 0 Å². The Bertz CT molecular complexity index is 517. The Balaban J connectivity index is 2.89. The Kier molecular flexibility index (Phi) is 5.15. The third-order valence-corrected chi connectivity index (χ3v) is 4.61. The number of hydrogen-bond acceptors (Lipinski definition) is 4. The van der Waals surface area contributed by atoms with E-state index in [1.807, 2.05) is 0 Å². The van der Waals surface area contributed by atoms with E-state index in [9.17, 15) is 13.5 Å². The van der Waals surface area contributed by atoms with Crippen molar-refractivity contribution in [2.24, 2.45) is 0 Å². The summed E-state index contributed by atoms with van der Waals surface area (Å²) in [6, 6.07) is 4.08. The zero-order chi connectivity index (χ0) is 13.9. The molecule has 0 amide bonds. The lowest BCUT2D eigenvalue weighted by atomic mass is 10.2. The van der Waals surface area contributed by atoms with Gasteiger partial charge in [-0.25, -0.2) is 13.1 Å². The van der Waals surface area contributed by atoms with Gasteiger partial charge in [0.15, 0.2) is 0 Å². The van der Waals surface area contributed by atoms with Crippen LogP contribution in [0.4, 0.5) is 5.69 Å². The fourth-order valence-electron chi connectivity index (χ4n) is 1.57. The highest BCUT2D eigenvalue weighted by Crippen LogP contribution is 2.23. The SMILES string of the molecule is CC(O)CC(C)NS(=O)(=O)c1ccc(N)c(Br)c1. The number of nitrogens with two attached hydrogens (primary N) is 1. The van der Waals surface area contributed by atoms with E-state index in [1.165, 1.54) is 18.2 Å². The molecule has 0 fully saturated rings. The van der Waals surface area contributed by atoms with Crippen LogP contribution >= 0.6 is 15.9 Å². The topological polar surface area (TPSA) is 92.4 Å². The number of rotatable bonds is 5. The van der Waals surface area contributed by atoms with Gasteiger partial charge in [-0.15, -0.1) is 0 Å². The maximum Gasteiger partial charge on any atom is 0.240 e. The van der Waals surface area contributed by atoms with Crippen LogP contribution in [0.3, 0.4) is 0 Å². The lowest BCUT2D eigenvalue weighted by Crippen LogP contribution is -2.34. The molecule has 18 heavy (non-hydrogen) atoms. The maximum absolute atomic E-state index is 12.0. The molecular weight excluding hydrogens is 320 g/mol. The summed E-state index contributed by atoms with van der Waals surface area (Å²) >= 11 is 3.19. The fourth-order valence-corrected chi connectivity index (χ4v) is 3.38. The highest BCUT2D eigenvalue weighted by Gasteiger charge is 2.18. The number of aliphatic hydroxyl groups excluding tert-OH is 1. The molecule has 0 heterocycles. The Labute approximate surface area is 116 Å². The van der Waals surface area contributed by atoms with Gasteiger partial charge in [-0.05, 0) is 54.4 Å². The number of aliphatic hydroxyl groups is 1. The zero-order valence-corrected chi connectivity index (χ0v) is 12.6. The van der Waals surface area contributed by atoms with Gasteiger partial charge in [-0.1, -0.05) is 0 Å². The van der Waals surface area contributed by atoms with Crippen LogP contribution in [-0.2, 0) is 10.0 Å². The van der Waals surface area contributed by atoms with Gasteiger partial charge in [0.05, 0.1) is 11.0 Å². The Hall–Kier alpha value is -0.630. The summed E-state index contributed by atoms with van der Waals surface area (Å²) in [4.78, 5) is 0.140. The van der Waals surface area contributed by atoms with Crippen molar-refractivity contribution >= 4 is 31.6 Å². The molecular formula is C11H17BrN2O3S. The van der Waals surface area contributed by atoms with Crippen LogP contribution in [0.2, 0.25) is 0 Å². The Morgan fingerprint density at radius 1 is 1.44 bits per heavy atom. The molecule has 0 saturated carbocycles. The monoisotopic (exact) mass is 336 g/mol. The van der Waals surface area contributed by atoms with Crippen LogP contribution in [0, 0.1) is 0 Å². The summed E-state index contributed by atoms with van der Waals surface area (Å²) < 4.78 is 27.1. The second kappa shape index (κ2) is 6.01. The van der Waals surface area contributed by atoms with Crippen molar-refractivity contribution in [1.29, 1.82) is 0 Å². The first kappa shape index (κ1) is 15.4. The van der Waals surface area contributed by atoms with Crippen molar-refractivity contribution in [1.82, 2.24) is 4.72 Å². The normalized spacial score (nSPS) is 15.3. The van der Waals surface area contributed by atoms with Gasteiger partial charge in [-0.2, -0.15) is 0 Å². The molecule has 0 aliphatic carbocycles. The van der Waals surface area contributed by atoms with Gasteiger partial charge in [0.25, 0.3) is 0 Å². The standard InChI is InChI=1S/C11H17BrN2O3S/c1-7(5-8(2)15)14-18(16,17)9-3-4-11(13)10(12)6-9/h3-4,6-8,14-15H,5,13H2,1-2H3. The number of halogens is 1. The molecule has 0 spiro atoms. The number of benzene rings is 1. The number of anilines is 1. The molecule has 1 aromatic rings. The molecule has 5 nitrogen and oxygen atoms in total. The number of nitrogen functional groups attached to an aromatic ring is 1. The second-order valence-electron chi connectivity index (χ2n) is 4.29. The molecule has 0 radical (unpaired) electrons. The molecule has 1 rings (SSSR count). The first-order chi connectivity index (χ1) is 8.22. The third-order valence-electron chi connectivity index (χ3n) is 2.33. The van der Waals surface area contributed by atoms with Gasteiger partial charge in [0.1, 0.15) is 0 Å². The van der Waals surface area contributed by atoms with Gasteiger partial charge >= 0.3 is 0 Å². The molecule has 1 aromatic carbocycles. The number of nitrogens with one attached hydrogen (secondary N) is 1. The molecule has 4 N–H and O–H groups in total. The molecule has 2 atom stereocenters. The summed E-state index contributed by atoms with van der Waals surface area (Å²) in [6.45, 7) is 3.32. The highest BCUT2D eigenvalue weighted by molar-refractivity contribution is 9.10. The van der Waals surface area contributed by atoms with Crippen LogP contribution in [0.25, 0.3) is 0 Å². The molecule has 0 aliphatic rings. The Morgan fingerprint density at radius 3 is 2.56 bits per heavy atom. The first-order valence-electron chi connectivity index (χ1n) is 5.48. The Morgan fingerprint density at radius 2 is 2.06 bits per heavy atom. The fraction of sp³-hybridized carbons (Fsp3) is 0.455. The molecule has 2 unspecified atom stereocenters. The third kappa shape index (κ3) is 4.24. The summed E-state index contributed by atoms with van der Waals surface area (Å²) in [6.07, 6.45) is -0.198. The molecule has 0 aromatic heterocycles. The lowest BCUT2D eigenvalue weighted by molar-refractivity contribution is 0.175. The van der Waals surface area contributed by atoms with E-state index < -0.39 is 16.1 Å². The molecule has 7 heteroatoms. The van der Waals surface area contributed by atoms with Crippen molar-refractivity contribution in [3.8, 4) is 0 Å². The summed E-state index contributed by atoms with van der Waals surface area (Å²) in [7, 11) is -3.59. The minimum atomic E-state index is -3.59. The average molecular weight is 337 g/mol. The zero-order valence-electron chi connectivity index (χ0n) is 10.2. The minimum absolute atomic E-state index is 0.140. The van der Waals surface area contributed by atoms with Gasteiger partial charge < -0.3 is 10.8 Å². The highest BCUT2D eigenvalue weighted by atomic mass is 79.9. The van der Waals surface area contributed by atoms with Crippen LogP contribution in [-0.4, -0.2) is 25.7 Å². The average Bonchev–Trinajstić information content (AvgIpc) is 2.19. The lowest BCUT2D eigenvalue weighted by Gasteiger charge is -2.16. The van der Waals surface area contributed by atoms with E-state index in [0.29, 0.717) is 16.6 Å². The van der Waals surface area contributed by atoms with Crippen molar-refractivity contribution in [2.75, 3.05) is 5.73 Å². The first-order valence-corrected chi connectivity index (χ1v) is 7.75. The number of sulfonamides is 1. The smallest absolute Gasteiger partial charge is 0.240 e. The summed E-state index contributed by atoms with van der Waals surface area (Å²) in [5.41, 5.74) is 6.08. The maximum atomic E-state index is 12.0. The van der Waals surface area contributed by atoms with Crippen molar-refractivity contribution in [3.63, 3.8) is 0 Å². The van der Waals surface area contributed by atoms with Crippen LogP contribution in [0.15, 0.2) is 27.6 Å². The van der Waals surface area contributed by atoms with Gasteiger partial charge in [-0.3, -0.25) is 0 Å². The summed E-state index contributed by atoms with van der Waals surface area (Å²) in [5.74, 6) is 0. The molecule has 0 saturated heterocycles. The molecule has 102 valence electrons.